The first-order valence-corrected chi connectivity index (χ1v) is 10.2. The molecule has 1 aromatic carbocycles. The normalized spacial score (nSPS) is 15.8. The molecule has 6 nitrogen and oxygen atoms in total. The van der Waals surface area contributed by atoms with Crippen LogP contribution in [0.2, 0.25) is 0 Å². The molecular formula is C22H34IN5O. The van der Waals surface area contributed by atoms with Gasteiger partial charge >= 0.3 is 0 Å². The zero-order valence-corrected chi connectivity index (χ0v) is 20.3. The van der Waals surface area contributed by atoms with Gasteiger partial charge < -0.3 is 20.5 Å². The van der Waals surface area contributed by atoms with Gasteiger partial charge in [0.05, 0.1) is 5.41 Å². The number of aromatic nitrogens is 1. The summed E-state index contributed by atoms with van der Waals surface area (Å²) in [6, 6.07) is 8.41. The van der Waals surface area contributed by atoms with E-state index in [9.17, 15) is 4.79 Å². The molecule has 0 unspecified atom stereocenters. The predicted molar refractivity (Wildman–Crippen MR) is 131 cm³/mol. The Labute approximate surface area is 190 Å². The number of H-pyrrole nitrogens is 1. The third kappa shape index (κ3) is 5.24. The Bertz CT molecular complexity index is 852. The van der Waals surface area contributed by atoms with Gasteiger partial charge in [0.15, 0.2) is 5.96 Å². The standard InChI is InChI=1S/C22H33N5O.HI/c1-16-17(18-9-5-6-10-19(18)26-16)11-14-24-21(23-2)25-15-22(12-7-8-13-22)20(28)27(3)4;/h5-6,9-10,26H,7-8,11-15H2,1-4H3,(H2,23,24,25);1H. The average Bonchev–Trinajstić information content (AvgIpc) is 3.29. The smallest absolute Gasteiger partial charge is 0.230 e. The van der Waals surface area contributed by atoms with Crippen molar-refractivity contribution in [2.75, 3.05) is 34.2 Å². The van der Waals surface area contributed by atoms with Crippen molar-refractivity contribution in [1.82, 2.24) is 20.5 Å². The summed E-state index contributed by atoms with van der Waals surface area (Å²) in [5.74, 6) is 0.984. The number of hydrogen-bond donors (Lipinski definition) is 3. The molecule has 1 aliphatic carbocycles. The van der Waals surface area contributed by atoms with E-state index < -0.39 is 0 Å². The molecule has 1 saturated carbocycles. The number of fused-ring (bicyclic) bond motifs is 1. The van der Waals surface area contributed by atoms with E-state index in [0.29, 0.717) is 6.54 Å². The maximum Gasteiger partial charge on any atom is 0.230 e. The fraction of sp³-hybridized carbons (Fsp3) is 0.545. The maximum atomic E-state index is 12.7. The predicted octanol–water partition coefficient (Wildman–Crippen LogP) is 3.45. The van der Waals surface area contributed by atoms with Crippen molar-refractivity contribution in [3.63, 3.8) is 0 Å². The van der Waals surface area contributed by atoms with Crippen molar-refractivity contribution in [3.8, 4) is 0 Å². The zero-order chi connectivity index (χ0) is 20.1. The fourth-order valence-corrected chi connectivity index (χ4v) is 4.43. The van der Waals surface area contributed by atoms with Crippen LogP contribution in [0.1, 0.15) is 36.9 Å². The lowest BCUT2D eigenvalue weighted by atomic mass is 9.84. The summed E-state index contributed by atoms with van der Waals surface area (Å²) in [7, 11) is 5.47. The number of carbonyl (C=O) groups is 1. The Balaban J connectivity index is 0.00000300. The number of guanidine groups is 1. The molecule has 7 heteroatoms. The quantitative estimate of drug-likeness (QED) is 0.316. The summed E-state index contributed by atoms with van der Waals surface area (Å²) in [5.41, 5.74) is 3.44. The minimum Gasteiger partial charge on any atom is -0.358 e. The van der Waals surface area contributed by atoms with Gasteiger partial charge in [-0.2, -0.15) is 0 Å². The number of aliphatic imine (C=N–C) groups is 1. The second-order valence-corrected chi connectivity index (χ2v) is 8.06. The Morgan fingerprint density at radius 3 is 2.55 bits per heavy atom. The van der Waals surface area contributed by atoms with Gasteiger partial charge in [-0.05, 0) is 37.8 Å². The lowest BCUT2D eigenvalue weighted by Gasteiger charge is -2.31. The van der Waals surface area contributed by atoms with Crippen LogP contribution in [0.4, 0.5) is 0 Å². The molecule has 0 saturated heterocycles. The van der Waals surface area contributed by atoms with Crippen LogP contribution in [0, 0.1) is 12.3 Å². The van der Waals surface area contributed by atoms with Crippen molar-refractivity contribution in [1.29, 1.82) is 0 Å². The largest absolute Gasteiger partial charge is 0.358 e. The molecular weight excluding hydrogens is 477 g/mol. The number of hydrogen-bond acceptors (Lipinski definition) is 2. The number of halogens is 1. The number of nitrogens with one attached hydrogen (secondary N) is 3. The highest BCUT2D eigenvalue weighted by Gasteiger charge is 2.42. The third-order valence-electron chi connectivity index (χ3n) is 5.93. The third-order valence-corrected chi connectivity index (χ3v) is 5.93. The number of carbonyl (C=O) groups excluding carboxylic acids is 1. The summed E-state index contributed by atoms with van der Waals surface area (Å²) >= 11 is 0. The van der Waals surface area contributed by atoms with Gasteiger partial charge in [0.1, 0.15) is 0 Å². The number of aromatic amines is 1. The monoisotopic (exact) mass is 511 g/mol. The van der Waals surface area contributed by atoms with Crippen molar-refractivity contribution in [2.45, 2.75) is 39.0 Å². The fourth-order valence-electron chi connectivity index (χ4n) is 4.43. The van der Waals surface area contributed by atoms with Crippen LogP contribution in [0.25, 0.3) is 10.9 Å². The van der Waals surface area contributed by atoms with Gasteiger partial charge in [-0.1, -0.05) is 31.0 Å². The number of aryl methyl sites for hydroxylation is 1. The van der Waals surface area contributed by atoms with Crippen LogP contribution in [0.5, 0.6) is 0 Å². The van der Waals surface area contributed by atoms with E-state index in [-0.39, 0.29) is 35.3 Å². The molecule has 29 heavy (non-hydrogen) atoms. The number of amides is 1. The van der Waals surface area contributed by atoms with Gasteiger partial charge in [-0.15, -0.1) is 24.0 Å². The van der Waals surface area contributed by atoms with Crippen LogP contribution < -0.4 is 10.6 Å². The lowest BCUT2D eigenvalue weighted by Crippen LogP contribution is -2.49. The SMILES string of the molecule is CN=C(NCCc1c(C)[nH]c2ccccc12)NCC1(C(=O)N(C)C)CCCC1.I. The van der Waals surface area contributed by atoms with Gasteiger partial charge in [0, 0.05) is 50.8 Å². The molecule has 0 atom stereocenters. The van der Waals surface area contributed by atoms with Crippen LogP contribution in [0.15, 0.2) is 29.3 Å². The van der Waals surface area contributed by atoms with Crippen LogP contribution in [0.3, 0.4) is 0 Å². The van der Waals surface area contributed by atoms with E-state index in [2.05, 4.69) is 51.8 Å². The molecule has 0 spiro atoms. The minimum atomic E-state index is -0.297. The molecule has 3 rings (SSSR count). The summed E-state index contributed by atoms with van der Waals surface area (Å²) in [6.45, 7) is 3.55. The van der Waals surface area contributed by atoms with Crippen LogP contribution >= 0.6 is 24.0 Å². The van der Waals surface area contributed by atoms with Crippen molar-refractivity contribution >= 4 is 46.7 Å². The highest BCUT2D eigenvalue weighted by atomic mass is 127. The zero-order valence-electron chi connectivity index (χ0n) is 18.0. The number of benzene rings is 1. The molecule has 1 fully saturated rings. The molecule has 0 bridgehead atoms. The summed E-state index contributed by atoms with van der Waals surface area (Å²) in [6.07, 6.45) is 5.05. The van der Waals surface area contributed by atoms with E-state index in [4.69, 9.17) is 0 Å². The number of para-hydroxylation sites is 1. The van der Waals surface area contributed by atoms with Gasteiger partial charge in [0.25, 0.3) is 0 Å². The van der Waals surface area contributed by atoms with E-state index >= 15 is 0 Å². The number of rotatable bonds is 6. The Hall–Kier alpha value is -1.77. The summed E-state index contributed by atoms with van der Waals surface area (Å²) in [4.78, 5) is 22.2. The van der Waals surface area contributed by atoms with E-state index in [0.717, 1.165) is 44.6 Å². The maximum absolute atomic E-state index is 12.7. The van der Waals surface area contributed by atoms with Crippen LogP contribution in [-0.2, 0) is 11.2 Å². The van der Waals surface area contributed by atoms with E-state index in [1.165, 1.54) is 22.2 Å². The highest BCUT2D eigenvalue weighted by molar-refractivity contribution is 14.0. The van der Waals surface area contributed by atoms with Gasteiger partial charge in [-0.3, -0.25) is 9.79 Å². The first-order chi connectivity index (χ1) is 13.5. The van der Waals surface area contributed by atoms with Gasteiger partial charge in [0.2, 0.25) is 5.91 Å². The Morgan fingerprint density at radius 1 is 1.21 bits per heavy atom. The molecule has 2 aromatic rings. The molecule has 1 amide bonds. The topological polar surface area (TPSA) is 72.5 Å². The Morgan fingerprint density at radius 2 is 1.90 bits per heavy atom. The summed E-state index contributed by atoms with van der Waals surface area (Å²) < 4.78 is 0. The molecule has 160 valence electrons. The van der Waals surface area contributed by atoms with Crippen molar-refractivity contribution < 1.29 is 4.79 Å². The molecule has 1 aliphatic rings. The van der Waals surface area contributed by atoms with Gasteiger partial charge in [-0.25, -0.2) is 0 Å². The average molecular weight is 511 g/mol. The summed E-state index contributed by atoms with van der Waals surface area (Å²) in [5, 5.41) is 8.10. The second-order valence-electron chi connectivity index (χ2n) is 8.06. The molecule has 0 aliphatic heterocycles. The lowest BCUT2D eigenvalue weighted by molar-refractivity contribution is -0.138. The Kier molecular flexibility index (Phi) is 8.36. The molecule has 0 radical (unpaired) electrons. The van der Waals surface area contributed by atoms with E-state index in [1.54, 1.807) is 11.9 Å². The molecule has 1 heterocycles. The van der Waals surface area contributed by atoms with Crippen LogP contribution in [-0.4, -0.2) is 56.0 Å². The first-order valence-electron chi connectivity index (χ1n) is 10.2. The number of nitrogens with zero attached hydrogens (tertiary/aromatic N) is 2. The molecule has 1 aromatic heterocycles. The highest BCUT2D eigenvalue weighted by Crippen LogP contribution is 2.38. The van der Waals surface area contributed by atoms with Crippen molar-refractivity contribution in [3.05, 3.63) is 35.5 Å². The molecule has 3 N–H and O–H groups in total. The second kappa shape index (κ2) is 10.3. The first kappa shape index (κ1) is 23.5. The van der Waals surface area contributed by atoms with Crippen molar-refractivity contribution in [2.24, 2.45) is 10.4 Å². The minimum absolute atomic E-state index is 0. The van der Waals surface area contributed by atoms with E-state index in [1.807, 2.05) is 14.1 Å².